The van der Waals surface area contributed by atoms with Crippen molar-refractivity contribution in [2.45, 2.75) is 66.2 Å². The molecule has 5 aromatic heterocycles. The second-order valence-corrected chi connectivity index (χ2v) is 19.9. The van der Waals surface area contributed by atoms with Crippen molar-refractivity contribution >= 4 is 76.5 Å². The molecule has 5 heterocycles. The summed E-state index contributed by atoms with van der Waals surface area (Å²) < 4.78 is 17.1. The van der Waals surface area contributed by atoms with Gasteiger partial charge in [-0.05, 0) is 118 Å². The largest absolute Gasteiger partial charge is 0.333 e. The third-order valence-electron chi connectivity index (χ3n) is 13.4. The van der Waals surface area contributed by atoms with E-state index in [1.54, 1.807) is 6.07 Å². The van der Waals surface area contributed by atoms with Gasteiger partial charge in [-0.25, -0.2) is 0 Å². The molecule has 68 heavy (non-hydrogen) atoms. The van der Waals surface area contributed by atoms with Crippen LogP contribution in [-0.4, -0.2) is 18.8 Å². The molecule has 0 atom stereocenters. The quantitative estimate of drug-likeness (QED) is 0.0983. The summed E-state index contributed by atoms with van der Waals surface area (Å²) in [4.78, 5) is 38.6. The molecule has 0 saturated heterocycles. The van der Waals surface area contributed by atoms with Crippen molar-refractivity contribution in [1.29, 1.82) is 0 Å². The topological polar surface area (TPSA) is 68.7 Å². The number of imidazole rings is 1. The smallest absolute Gasteiger partial charge is 0.197 e. The molecule has 0 saturated carbocycles. The molecular weight excluding hydrogens is 1020 g/mol. The maximum absolute atomic E-state index is 14.6. The molecule has 8 heteroatoms. The first kappa shape index (κ1) is 44.7. The second kappa shape index (κ2) is 16.3. The molecule has 12 aromatic rings. The Balaban J connectivity index is 0.000000288. The third-order valence-corrected chi connectivity index (χ3v) is 13.4. The van der Waals surface area contributed by atoms with Gasteiger partial charge in [0.15, 0.2) is 10.9 Å². The third kappa shape index (κ3) is 7.26. The predicted molar refractivity (Wildman–Crippen MR) is 275 cm³/mol. The Kier molecular flexibility index (Phi) is 10.7. The van der Waals surface area contributed by atoms with Crippen LogP contribution in [0.25, 0.3) is 98.8 Å². The van der Waals surface area contributed by atoms with Crippen LogP contribution in [0.1, 0.15) is 63.8 Å². The van der Waals surface area contributed by atoms with Crippen molar-refractivity contribution in [2.24, 2.45) is 0 Å². The minimum Gasteiger partial charge on any atom is -0.333 e. The molecule has 0 aliphatic carbocycles. The molecule has 0 aliphatic rings. The van der Waals surface area contributed by atoms with Crippen molar-refractivity contribution < 1.29 is 24.5 Å². The molecule has 7 aromatic carbocycles. The summed E-state index contributed by atoms with van der Waals surface area (Å²) in [6.07, 6.45) is 1.82. The fraction of sp³-hybridized carbons (Fsp3) is 0.167. The van der Waals surface area contributed by atoms with Gasteiger partial charge in [0.1, 0.15) is 0 Å². The van der Waals surface area contributed by atoms with Gasteiger partial charge in [0.25, 0.3) is 0 Å². The van der Waals surface area contributed by atoms with E-state index in [-0.39, 0.29) is 47.6 Å². The summed E-state index contributed by atoms with van der Waals surface area (Å²) in [5, 5.41) is 5.47. The fourth-order valence-electron chi connectivity index (χ4n) is 9.54. The summed E-state index contributed by atoms with van der Waals surface area (Å²) in [6.45, 7) is 17.1. The number of para-hydroxylation sites is 2. The number of aryl methyl sites for hydroxylation is 2. The minimum absolute atomic E-state index is 0. The molecule has 0 amide bonds. The van der Waals surface area contributed by atoms with Gasteiger partial charge >= 0.3 is 0 Å². The van der Waals surface area contributed by atoms with Crippen molar-refractivity contribution in [3.63, 3.8) is 0 Å². The van der Waals surface area contributed by atoms with E-state index in [4.69, 9.17) is 4.98 Å². The number of pyridine rings is 4. The van der Waals surface area contributed by atoms with Crippen LogP contribution in [0.5, 0.6) is 0 Å². The van der Waals surface area contributed by atoms with Crippen LogP contribution in [-0.2, 0) is 30.9 Å². The van der Waals surface area contributed by atoms with Crippen molar-refractivity contribution in [1.82, 2.24) is 18.8 Å². The van der Waals surface area contributed by atoms with Gasteiger partial charge < -0.3 is 13.8 Å². The van der Waals surface area contributed by atoms with E-state index in [1.807, 2.05) is 80.7 Å². The zero-order chi connectivity index (χ0) is 46.7. The Morgan fingerprint density at radius 2 is 1.19 bits per heavy atom. The van der Waals surface area contributed by atoms with Crippen LogP contribution < -0.4 is 10.9 Å². The van der Waals surface area contributed by atoms with Gasteiger partial charge in [-0.3, -0.25) is 19.0 Å². The summed E-state index contributed by atoms with van der Waals surface area (Å²) in [6, 6.07) is 49.7. The van der Waals surface area contributed by atoms with Gasteiger partial charge in [0.2, 0.25) is 0 Å². The normalized spacial score (nSPS) is 12.2. The van der Waals surface area contributed by atoms with Gasteiger partial charge in [-0.2, -0.15) is 0 Å². The van der Waals surface area contributed by atoms with Crippen LogP contribution >= 0.6 is 0 Å². The molecule has 0 unspecified atom stereocenters. The molecular formula is C60H47FIrN4O2-2. The van der Waals surface area contributed by atoms with E-state index in [0.717, 1.165) is 88.5 Å². The molecule has 0 N–H and O–H groups in total. The van der Waals surface area contributed by atoms with E-state index in [0.29, 0.717) is 27.1 Å². The van der Waals surface area contributed by atoms with Crippen LogP contribution in [0.15, 0.2) is 149 Å². The Morgan fingerprint density at radius 1 is 0.559 bits per heavy atom. The first-order chi connectivity index (χ1) is 32.0. The van der Waals surface area contributed by atoms with Crippen molar-refractivity contribution in [3.05, 3.63) is 200 Å². The van der Waals surface area contributed by atoms with Crippen molar-refractivity contribution in [2.75, 3.05) is 0 Å². The van der Waals surface area contributed by atoms with Crippen LogP contribution in [0.3, 0.4) is 0 Å². The molecule has 6 nitrogen and oxygen atoms in total. The number of aromatic nitrogens is 4. The number of benzene rings is 7. The second-order valence-electron chi connectivity index (χ2n) is 19.9. The Hall–Kier alpha value is -7.12. The summed E-state index contributed by atoms with van der Waals surface area (Å²) >= 11 is 0. The number of rotatable bonds is 2. The van der Waals surface area contributed by atoms with Crippen LogP contribution in [0, 0.1) is 31.8 Å². The van der Waals surface area contributed by atoms with E-state index >= 15 is 0 Å². The predicted octanol–water partition coefficient (Wildman–Crippen LogP) is 14.0. The summed E-state index contributed by atoms with van der Waals surface area (Å²) in [5.74, 6) is -0.275. The number of nitrogens with zero attached hydrogens (tertiary/aromatic N) is 4. The Labute approximate surface area is 406 Å². The SMILES string of the molecule is CC(C)(C)c1ccc2c(=O)c3cc(-c4ccc5c6ccc[c-]c6c6nc7ccccc7n6c5c4)cc4c(=O)c5ccc(C(C)(C)C)cc5n(c2c1)c34.Cc1cnc(-c2[c-]cc(F)cc2)cc1C.[Ir]. The maximum atomic E-state index is 14.6. The standard InChI is InChI=1S/C47H36N3O2.C13H11FN.Ir/c1-46(2,3)28-16-19-33-40(24-28)49-41-25-29(47(4,5)6)17-20-34(41)44(52)36-22-27(21-35(42(36)49)43(33)51)26-15-18-31-30-11-7-8-12-32(30)45-48-37-13-9-10-14-38(37)50(45)39(31)23-26;1-9-7-13(15-8-10(9)2)11-3-5-12(14)6-4-11;/h7-11,13-25H,1-6H3;3,5-8H,1-2H3;/q2*-1;. The zero-order valence-electron chi connectivity index (χ0n) is 39.1. The van der Waals surface area contributed by atoms with E-state index in [1.165, 1.54) is 17.7 Å². The first-order valence-electron chi connectivity index (χ1n) is 22.7. The zero-order valence-corrected chi connectivity index (χ0v) is 41.5. The molecule has 337 valence electrons. The maximum Gasteiger partial charge on any atom is 0.197 e. The van der Waals surface area contributed by atoms with E-state index in [9.17, 15) is 14.0 Å². The minimum atomic E-state index is -0.275. The van der Waals surface area contributed by atoms with Gasteiger partial charge in [0.05, 0.1) is 33.2 Å². The molecule has 0 spiro atoms. The number of hydrogen-bond acceptors (Lipinski definition) is 4. The molecule has 1 radical (unpaired) electrons. The molecule has 0 bridgehead atoms. The Morgan fingerprint density at radius 3 is 1.81 bits per heavy atom. The average Bonchev–Trinajstić information content (AvgIpc) is 3.72. The van der Waals surface area contributed by atoms with Crippen LogP contribution in [0.4, 0.5) is 4.39 Å². The fourth-order valence-corrected chi connectivity index (χ4v) is 9.54. The van der Waals surface area contributed by atoms with Gasteiger partial charge in [-0.15, -0.1) is 59.5 Å². The average molecular weight is 1070 g/mol. The number of fused-ring (bicyclic) bond motifs is 12. The first-order valence-corrected chi connectivity index (χ1v) is 22.7. The molecule has 0 aliphatic heterocycles. The molecule has 12 rings (SSSR count). The monoisotopic (exact) mass is 1070 g/mol. The van der Waals surface area contributed by atoms with Crippen LogP contribution in [0.2, 0.25) is 0 Å². The van der Waals surface area contributed by atoms with Crippen molar-refractivity contribution in [3.8, 4) is 22.4 Å². The molecule has 0 fully saturated rings. The summed E-state index contributed by atoms with van der Waals surface area (Å²) in [7, 11) is 0. The summed E-state index contributed by atoms with van der Waals surface area (Å²) in [5.41, 5.74) is 13.7. The van der Waals surface area contributed by atoms with E-state index in [2.05, 4.69) is 122 Å². The number of halogens is 1. The Bertz CT molecular complexity index is 4020. The van der Waals surface area contributed by atoms with E-state index < -0.39 is 0 Å². The number of hydrogen-bond donors (Lipinski definition) is 0. The van der Waals surface area contributed by atoms with Gasteiger partial charge in [-0.1, -0.05) is 95.0 Å². The van der Waals surface area contributed by atoms with Gasteiger partial charge in [0, 0.05) is 59.2 Å².